The van der Waals surface area contributed by atoms with Gasteiger partial charge in [0.15, 0.2) is 0 Å². The quantitative estimate of drug-likeness (QED) is 0.668. The van der Waals surface area contributed by atoms with Crippen LogP contribution in [0.2, 0.25) is 0 Å². The van der Waals surface area contributed by atoms with Crippen LogP contribution in [0.3, 0.4) is 0 Å². The molecule has 1 saturated carbocycles. The molecule has 152 valence electrons. The zero-order valence-corrected chi connectivity index (χ0v) is 17.0. The number of carbonyl (C=O) groups excluding carboxylic acids is 1. The Morgan fingerprint density at radius 2 is 2.03 bits per heavy atom. The van der Waals surface area contributed by atoms with E-state index in [1.165, 1.54) is 10.8 Å². The maximum Gasteiger partial charge on any atom is 0.267 e. The smallest absolute Gasteiger partial charge is 0.267 e. The van der Waals surface area contributed by atoms with Crippen LogP contribution in [0.4, 0.5) is 0 Å². The minimum absolute atomic E-state index is 0.109. The number of fused-ring (bicyclic) bond motifs is 2. The predicted molar refractivity (Wildman–Crippen MR) is 112 cm³/mol. The maximum atomic E-state index is 13.2. The summed E-state index contributed by atoms with van der Waals surface area (Å²) in [5.74, 6) is -0.276. The fourth-order valence-corrected chi connectivity index (χ4v) is 4.22. The molecule has 7 nitrogen and oxygen atoms in total. The number of nitrogens with zero attached hydrogens (tertiary/aromatic N) is 3. The van der Waals surface area contributed by atoms with Crippen molar-refractivity contribution in [3.63, 3.8) is 0 Å². The topological polar surface area (TPSA) is 92.2 Å². The van der Waals surface area contributed by atoms with Crippen LogP contribution in [-0.4, -0.2) is 25.9 Å². The Labute approximate surface area is 168 Å². The van der Waals surface area contributed by atoms with Crippen LogP contribution in [-0.2, 0) is 6.54 Å². The molecule has 0 atom stereocenters. The lowest BCUT2D eigenvalue weighted by molar-refractivity contribution is 0.0925. The number of carbonyl (C=O) groups is 1. The Bertz CT molecular complexity index is 1200. The van der Waals surface area contributed by atoms with Crippen molar-refractivity contribution in [2.45, 2.75) is 65.0 Å². The summed E-state index contributed by atoms with van der Waals surface area (Å²) in [5, 5.41) is 12.1. The van der Waals surface area contributed by atoms with Crippen LogP contribution >= 0.6 is 0 Å². The van der Waals surface area contributed by atoms with Gasteiger partial charge in [0, 0.05) is 18.8 Å². The molecular weight excluding hydrogens is 366 g/mol. The van der Waals surface area contributed by atoms with E-state index < -0.39 is 0 Å². The second-order valence-electron chi connectivity index (χ2n) is 7.91. The minimum Gasteiger partial charge on any atom is -0.349 e. The monoisotopic (exact) mass is 393 g/mol. The van der Waals surface area contributed by atoms with Gasteiger partial charge in [-0.2, -0.15) is 0 Å². The highest BCUT2D eigenvalue weighted by molar-refractivity contribution is 5.97. The summed E-state index contributed by atoms with van der Waals surface area (Å²) >= 11 is 0. The van der Waals surface area contributed by atoms with Crippen molar-refractivity contribution >= 4 is 22.6 Å². The van der Waals surface area contributed by atoms with Crippen LogP contribution in [0.15, 0.2) is 29.2 Å². The van der Waals surface area contributed by atoms with Gasteiger partial charge in [0.1, 0.15) is 16.8 Å². The molecule has 3 aromatic heterocycles. The van der Waals surface area contributed by atoms with E-state index in [-0.39, 0.29) is 28.6 Å². The van der Waals surface area contributed by atoms with Gasteiger partial charge in [-0.1, -0.05) is 32.3 Å². The van der Waals surface area contributed by atoms with Crippen molar-refractivity contribution < 1.29 is 4.79 Å². The molecule has 3 heterocycles. The molecular formula is C22H27N5O2. The molecule has 7 heteroatoms. The number of aromatic nitrogens is 3. The molecule has 0 bridgehead atoms. The third kappa shape index (κ3) is 3.45. The Morgan fingerprint density at radius 1 is 1.28 bits per heavy atom. The summed E-state index contributed by atoms with van der Waals surface area (Å²) in [6.45, 7) is 4.44. The standard InChI is InChI=1S/C22H27N5O2/c1-3-11-26-18(23)16(21(28)24-15-9-5-4-6-10-15)13-17-20(26)25-19-14(2)8-7-12-27(19)22(17)29/h7-8,12-13,15,23H,3-6,9-11H2,1-2H3,(H,24,28). The van der Waals surface area contributed by atoms with Crippen LogP contribution in [0.1, 0.15) is 61.4 Å². The van der Waals surface area contributed by atoms with E-state index in [0.717, 1.165) is 37.7 Å². The Morgan fingerprint density at radius 3 is 2.76 bits per heavy atom. The van der Waals surface area contributed by atoms with E-state index in [1.807, 2.05) is 26.0 Å². The molecule has 0 unspecified atom stereocenters. The van der Waals surface area contributed by atoms with Crippen LogP contribution in [0.5, 0.6) is 0 Å². The highest BCUT2D eigenvalue weighted by Crippen LogP contribution is 2.18. The Kier molecular flexibility index (Phi) is 5.22. The van der Waals surface area contributed by atoms with Gasteiger partial charge >= 0.3 is 0 Å². The van der Waals surface area contributed by atoms with Gasteiger partial charge in [0.05, 0.1) is 10.9 Å². The van der Waals surface area contributed by atoms with Crippen molar-refractivity contribution in [1.82, 2.24) is 19.3 Å². The molecule has 1 fully saturated rings. The van der Waals surface area contributed by atoms with E-state index in [4.69, 9.17) is 10.4 Å². The Balaban J connectivity index is 1.92. The van der Waals surface area contributed by atoms with Crippen LogP contribution < -0.4 is 16.4 Å². The van der Waals surface area contributed by atoms with E-state index in [9.17, 15) is 9.59 Å². The highest BCUT2D eigenvalue weighted by atomic mass is 16.2. The number of aryl methyl sites for hydroxylation is 2. The van der Waals surface area contributed by atoms with E-state index >= 15 is 0 Å². The minimum atomic E-state index is -0.276. The van der Waals surface area contributed by atoms with E-state index in [2.05, 4.69) is 5.32 Å². The number of hydrogen-bond acceptors (Lipinski definition) is 4. The fraction of sp³-hybridized carbons (Fsp3) is 0.455. The molecule has 0 aliphatic heterocycles. The molecule has 0 radical (unpaired) electrons. The fourth-order valence-electron chi connectivity index (χ4n) is 4.22. The van der Waals surface area contributed by atoms with Crippen molar-refractivity contribution in [2.75, 3.05) is 0 Å². The molecule has 0 aromatic carbocycles. The summed E-state index contributed by atoms with van der Waals surface area (Å²) in [4.78, 5) is 30.9. The van der Waals surface area contributed by atoms with Gasteiger partial charge in [-0.25, -0.2) is 4.98 Å². The average molecular weight is 393 g/mol. The number of hydrogen-bond donors (Lipinski definition) is 2. The highest BCUT2D eigenvalue weighted by Gasteiger charge is 2.21. The largest absolute Gasteiger partial charge is 0.349 e. The first-order valence-corrected chi connectivity index (χ1v) is 10.4. The first-order valence-electron chi connectivity index (χ1n) is 10.4. The van der Waals surface area contributed by atoms with Crippen molar-refractivity contribution in [3.05, 3.63) is 51.4 Å². The van der Waals surface area contributed by atoms with Crippen molar-refractivity contribution in [1.29, 1.82) is 5.41 Å². The van der Waals surface area contributed by atoms with Crippen molar-refractivity contribution in [2.24, 2.45) is 0 Å². The second-order valence-corrected chi connectivity index (χ2v) is 7.91. The third-order valence-corrected chi connectivity index (χ3v) is 5.77. The normalized spacial score (nSPS) is 15.1. The number of pyridine rings is 2. The van der Waals surface area contributed by atoms with Crippen LogP contribution in [0.25, 0.3) is 16.7 Å². The summed E-state index contributed by atoms with van der Waals surface area (Å²) in [7, 11) is 0. The SMILES string of the molecule is CCCn1c(=N)c(C(=O)NC2CCCCC2)cc2c(=O)n3cccc(C)c3nc21. The molecule has 29 heavy (non-hydrogen) atoms. The lowest BCUT2D eigenvalue weighted by Gasteiger charge is -2.23. The molecule has 1 aliphatic rings. The van der Waals surface area contributed by atoms with Gasteiger partial charge in [0.2, 0.25) is 0 Å². The summed E-state index contributed by atoms with van der Waals surface area (Å²) < 4.78 is 3.21. The average Bonchev–Trinajstić information content (AvgIpc) is 2.72. The maximum absolute atomic E-state index is 13.2. The first-order chi connectivity index (χ1) is 14.0. The molecule has 0 saturated heterocycles. The third-order valence-electron chi connectivity index (χ3n) is 5.77. The molecule has 1 amide bonds. The summed E-state index contributed by atoms with van der Waals surface area (Å²) in [6, 6.07) is 5.41. The number of amides is 1. The second kappa shape index (κ2) is 7.81. The lowest BCUT2D eigenvalue weighted by atomic mass is 9.95. The summed E-state index contributed by atoms with van der Waals surface area (Å²) in [6.07, 6.45) is 7.83. The molecule has 1 aliphatic carbocycles. The lowest BCUT2D eigenvalue weighted by Crippen LogP contribution is -2.40. The van der Waals surface area contributed by atoms with Gasteiger partial charge < -0.3 is 9.88 Å². The van der Waals surface area contributed by atoms with Crippen LogP contribution in [0, 0.1) is 12.3 Å². The van der Waals surface area contributed by atoms with Gasteiger partial charge in [-0.05, 0) is 43.9 Å². The molecule has 4 rings (SSSR count). The first kappa shape index (κ1) is 19.4. The molecule has 0 spiro atoms. The zero-order chi connectivity index (χ0) is 20.5. The predicted octanol–water partition coefficient (Wildman–Crippen LogP) is 2.91. The number of rotatable bonds is 4. The zero-order valence-electron chi connectivity index (χ0n) is 17.0. The number of nitrogens with one attached hydrogen (secondary N) is 2. The summed E-state index contributed by atoms with van der Waals surface area (Å²) in [5.41, 5.74) is 2.06. The molecule has 3 aromatic rings. The van der Waals surface area contributed by atoms with Gasteiger partial charge in [0.25, 0.3) is 11.5 Å². The van der Waals surface area contributed by atoms with Gasteiger partial charge in [-0.15, -0.1) is 0 Å². The van der Waals surface area contributed by atoms with Gasteiger partial charge in [-0.3, -0.25) is 19.4 Å². The van der Waals surface area contributed by atoms with E-state index in [0.29, 0.717) is 23.2 Å². The van der Waals surface area contributed by atoms with E-state index in [1.54, 1.807) is 16.8 Å². The molecule has 2 N–H and O–H groups in total. The van der Waals surface area contributed by atoms with Crippen molar-refractivity contribution in [3.8, 4) is 0 Å². The Hall–Kier alpha value is -2.96.